The molecule has 20 heavy (non-hydrogen) atoms. The average Bonchev–Trinajstić information content (AvgIpc) is 2.87. The summed E-state index contributed by atoms with van der Waals surface area (Å²) in [7, 11) is 4.03. The van der Waals surface area contributed by atoms with Crippen LogP contribution in [-0.2, 0) is 4.74 Å². The van der Waals surface area contributed by atoms with Gasteiger partial charge in [0.25, 0.3) is 5.95 Å². The number of anilines is 1. The monoisotopic (exact) mass is 280 g/mol. The molecule has 0 aliphatic heterocycles. The van der Waals surface area contributed by atoms with Crippen LogP contribution in [0, 0.1) is 0 Å². The lowest BCUT2D eigenvalue weighted by Gasteiger charge is -2.04. The number of nitrogen functional groups attached to an aromatic ring is 1. The number of nitrogens with zero attached hydrogens (tertiary/aromatic N) is 5. The number of hydrogen-bond acceptors (Lipinski definition) is 9. The fourth-order valence-electron chi connectivity index (χ4n) is 1.36. The molecule has 2 aromatic rings. The molecule has 2 heterocycles. The standard InChI is InChI=1S/C10H12N6O4/c1-18-7(17)6-5(11)4-16(15-6)8-12-9(19-2)14-10(13-8)20-3/h4H,11H2,1-3H3. The fraction of sp³-hybridized carbons (Fsp3) is 0.300. The van der Waals surface area contributed by atoms with E-state index < -0.39 is 5.97 Å². The van der Waals surface area contributed by atoms with E-state index in [0.717, 1.165) is 0 Å². The second-order valence-corrected chi connectivity index (χ2v) is 3.48. The van der Waals surface area contributed by atoms with E-state index in [2.05, 4.69) is 24.8 Å². The van der Waals surface area contributed by atoms with E-state index in [4.69, 9.17) is 15.2 Å². The Morgan fingerprint density at radius 3 is 2.25 bits per heavy atom. The summed E-state index contributed by atoms with van der Waals surface area (Å²) in [6.45, 7) is 0. The highest BCUT2D eigenvalue weighted by Gasteiger charge is 2.18. The van der Waals surface area contributed by atoms with Crippen molar-refractivity contribution in [1.29, 1.82) is 0 Å². The summed E-state index contributed by atoms with van der Waals surface area (Å²) in [5.74, 6) is -0.565. The van der Waals surface area contributed by atoms with Crippen LogP contribution < -0.4 is 15.2 Å². The maximum Gasteiger partial charge on any atom is 0.360 e. The van der Waals surface area contributed by atoms with E-state index >= 15 is 0 Å². The van der Waals surface area contributed by atoms with Gasteiger partial charge in [0.2, 0.25) is 0 Å². The Morgan fingerprint density at radius 2 is 1.75 bits per heavy atom. The summed E-state index contributed by atoms with van der Waals surface area (Å²) in [5, 5.41) is 3.95. The molecule has 2 N–H and O–H groups in total. The molecule has 0 fully saturated rings. The molecule has 0 radical (unpaired) electrons. The number of carbonyl (C=O) groups is 1. The van der Waals surface area contributed by atoms with E-state index in [-0.39, 0.29) is 29.4 Å². The van der Waals surface area contributed by atoms with Crippen molar-refractivity contribution in [3.63, 3.8) is 0 Å². The van der Waals surface area contributed by atoms with Crippen LogP contribution in [0.1, 0.15) is 10.5 Å². The summed E-state index contributed by atoms with van der Waals surface area (Å²) in [6.07, 6.45) is 1.38. The second kappa shape index (κ2) is 5.38. The first-order valence-corrected chi connectivity index (χ1v) is 5.37. The minimum absolute atomic E-state index is 0.0363. The molecule has 2 rings (SSSR count). The lowest BCUT2D eigenvalue weighted by atomic mass is 10.4. The number of aromatic nitrogens is 5. The van der Waals surface area contributed by atoms with Crippen molar-refractivity contribution in [3.8, 4) is 18.0 Å². The molecule has 0 aliphatic rings. The molecular formula is C10H12N6O4. The first kappa shape index (κ1) is 13.5. The molecule has 106 valence electrons. The highest BCUT2D eigenvalue weighted by molar-refractivity contribution is 5.92. The number of carbonyl (C=O) groups excluding carboxylic acids is 1. The predicted octanol–water partition coefficient (Wildman–Crippen LogP) is -0.557. The van der Waals surface area contributed by atoms with Crippen molar-refractivity contribution in [2.24, 2.45) is 0 Å². The molecule has 0 spiro atoms. The van der Waals surface area contributed by atoms with Gasteiger partial charge >= 0.3 is 18.0 Å². The van der Waals surface area contributed by atoms with Gasteiger partial charge in [-0.25, -0.2) is 9.48 Å². The Hall–Kier alpha value is -2.91. The summed E-state index contributed by atoms with van der Waals surface area (Å²) in [5.41, 5.74) is 5.78. The molecule has 0 saturated heterocycles. The van der Waals surface area contributed by atoms with Crippen LogP contribution in [0.15, 0.2) is 6.20 Å². The largest absolute Gasteiger partial charge is 0.467 e. The molecule has 0 saturated carbocycles. The molecule has 10 nitrogen and oxygen atoms in total. The van der Waals surface area contributed by atoms with Gasteiger partial charge in [-0.15, -0.1) is 4.98 Å². The van der Waals surface area contributed by atoms with Crippen molar-refractivity contribution in [1.82, 2.24) is 24.7 Å². The summed E-state index contributed by atoms with van der Waals surface area (Å²) >= 11 is 0. The highest BCUT2D eigenvalue weighted by Crippen LogP contribution is 2.16. The minimum atomic E-state index is -0.658. The molecule has 2 aromatic heterocycles. The number of rotatable bonds is 4. The Kier molecular flexibility index (Phi) is 3.64. The van der Waals surface area contributed by atoms with Gasteiger partial charge in [-0.1, -0.05) is 0 Å². The zero-order valence-electron chi connectivity index (χ0n) is 11.0. The number of nitrogens with two attached hydrogens (primary N) is 1. The number of hydrogen-bond donors (Lipinski definition) is 1. The maximum atomic E-state index is 11.4. The third-order valence-electron chi connectivity index (χ3n) is 2.27. The van der Waals surface area contributed by atoms with Gasteiger partial charge in [0, 0.05) is 0 Å². The molecule has 0 aliphatic carbocycles. The van der Waals surface area contributed by atoms with Crippen LogP contribution in [0.4, 0.5) is 5.69 Å². The van der Waals surface area contributed by atoms with Gasteiger partial charge < -0.3 is 19.9 Å². The Bertz CT molecular complexity index is 618. The van der Waals surface area contributed by atoms with Crippen LogP contribution in [-0.4, -0.2) is 52.0 Å². The van der Waals surface area contributed by atoms with Gasteiger partial charge in [-0.2, -0.15) is 15.1 Å². The SMILES string of the molecule is COC(=O)c1nn(-c2nc(OC)nc(OC)n2)cc1N. The molecular weight excluding hydrogens is 268 g/mol. The molecule has 10 heteroatoms. The van der Waals surface area contributed by atoms with Crippen molar-refractivity contribution < 1.29 is 19.0 Å². The second-order valence-electron chi connectivity index (χ2n) is 3.48. The predicted molar refractivity (Wildman–Crippen MR) is 65.8 cm³/mol. The van der Waals surface area contributed by atoms with E-state index in [1.165, 1.54) is 32.2 Å². The van der Waals surface area contributed by atoms with Crippen LogP contribution in [0.2, 0.25) is 0 Å². The minimum Gasteiger partial charge on any atom is -0.467 e. The van der Waals surface area contributed by atoms with E-state index in [9.17, 15) is 4.79 Å². The van der Waals surface area contributed by atoms with Crippen molar-refractivity contribution in [2.75, 3.05) is 27.1 Å². The highest BCUT2D eigenvalue weighted by atomic mass is 16.5. The van der Waals surface area contributed by atoms with E-state index in [0.29, 0.717) is 0 Å². The van der Waals surface area contributed by atoms with Gasteiger partial charge in [-0.3, -0.25) is 0 Å². The Labute approximate surface area is 113 Å². The lowest BCUT2D eigenvalue weighted by molar-refractivity contribution is 0.0594. The smallest absolute Gasteiger partial charge is 0.360 e. The lowest BCUT2D eigenvalue weighted by Crippen LogP contribution is -2.09. The molecule has 0 unspecified atom stereocenters. The summed E-state index contributed by atoms with van der Waals surface area (Å²) in [6, 6.07) is 0.0843. The third-order valence-corrected chi connectivity index (χ3v) is 2.27. The average molecular weight is 280 g/mol. The van der Waals surface area contributed by atoms with Crippen molar-refractivity contribution >= 4 is 11.7 Å². The summed E-state index contributed by atoms with van der Waals surface area (Å²) < 4.78 is 15.6. The van der Waals surface area contributed by atoms with Gasteiger partial charge in [0.15, 0.2) is 5.69 Å². The molecule has 0 aromatic carbocycles. The van der Waals surface area contributed by atoms with Gasteiger partial charge in [-0.05, 0) is 0 Å². The first-order valence-electron chi connectivity index (χ1n) is 5.37. The van der Waals surface area contributed by atoms with Crippen LogP contribution >= 0.6 is 0 Å². The third kappa shape index (κ3) is 2.43. The van der Waals surface area contributed by atoms with Crippen LogP contribution in [0.3, 0.4) is 0 Å². The maximum absolute atomic E-state index is 11.4. The quantitative estimate of drug-likeness (QED) is 0.733. The topological polar surface area (TPSA) is 127 Å². The van der Waals surface area contributed by atoms with Crippen LogP contribution in [0.25, 0.3) is 5.95 Å². The molecule has 0 amide bonds. The van der Waals surface area contributed by atoms with E-state index in [1.807, 2.05) is 0 Å². The zero-order valence-corrected chi connectivity index (χ0v) is 11.0. The summed E-state index contributed by atoms with van der Waals surface area (Å²) in [4.78, 5) is 23.2. The Balaban J connectivity index is 2.48. The molecule has 0 bridgehead atoms. The number of ether oxygens (including phenoxy) is 3. The zero-order chi connectivity index (χ0) is 14.7. The van der Waals surface area contributed by atoms with Crippen molar-refractivity contribution in [2.45, 2.75) is 0 Å². The number of methoxy groups -OCH3 is 3. The Morgan fingerprint density at radius 1 is 1.15 bits per heavy atom. The van der Waals surface area contributed by atoms with Gasteiger partial charge in [0.1, 0.15) is 0 Å². The van der Waals surface area contributed by atoms with E-state index in [1.54, 1.807) is 0 Å². The first-order chi connectivity index (χ1) is 9.58. The van der Waals surface area contributed by atoms with Crippen molar-refractivity contribution in [3.05, 3.63) is 11.9 Å². The molecule has 0 atom stereocenters. The van der Waals surface area contributed by atoms with Crippen LogP contribution in [0.5, 0.6) is 12.0 Å². The van der Waals surface area contributed by atoms with Gasteiger partial charge in [0.05, 0.1) is 33.2 Å². The normalized spacial score (nSPS) is 10.2. The number of esters is 1. The fourth-order valence-corrected chi connectivity index (χ4v) is 1.36.